The highest BCUT2D eigenvalue weighted by atomic mass is 16.3. The topological polar surface area (TPSA) is 20.2 Å². The van der Waals surface area contributed by atoms with Crippen LogP contribution in [0.1, 0.15) is 58.3 Å². The molecule has 15 heavy (non-hydrogen) atoms. The summed E-state index contributed by atoms with van der Waals surface area (Å²) in [4.78, 5) is 0. The van der Waals surface area contributed by atoms with E-state index in [-0.39, 0.29) is 6.10 Å². The van der Waals surface area contributed by atoms with Gasteiger partial charge in [-0.25, -0.2) is 0 Å². The zero-order chi connectivity index (χ0) is 10.7. The minimum absolute atomic E-state index is 0.000952. The van der Waals surface area contributed by atoms with Crippen LogP contribution in [-0.4, -0.2) is 18.5 Å². The summed E-state index contributed by atoms with van der Waals surface area (Å²) in [6, 6.07) is 0. The average Bonchev–Trinajstić information content (AvgIpc) is 2.25. The summed E-state index contributed by atoms with van der Waals surface area (Å²) in [6.45, 7) is 2.38. The molecule has 2 heteroatoms. The monoisotopic (exact) mass is 207 g/mol. The van der Waals surface area contributed by atoms with Crippen molar-refractivity contribution in [2.45, 2.75) is 76.0 Å². The van der Waals surface area contributed by atoms with E-state index in [1.807, 2.05) is 0 Å². The molecule has 1 N–H and O–H groups in total. The summed E-state index contributed by atoms with van der Waals surface area (Å²) in [5, 5.41) is 9.45. The molecule has 1 radical (unpaired) electrons. The van der Waals surface area contributed by atoms with Gasteiger partial charge in [-0.2, -0.15) is 0 Å². The van der Waals surface area contributed by atoms with Crippen LogP contribution in [0.4, 0.5) is 0 Å². The molecule has 2 fully saturated rings. The Labute approximate surface area is 94.9 Å². The second-order valence-electron chi connectivity index (χ2n) is 5.78. The number of rotatable bonds is 2. The van der Waals surface area contributed by atoms with Crippen LogP contribution in [0.5, 0.6) is 0 Å². The van der Waals surface area contributed by atoms with Gasteiger partial charge in [-0.05, 0) is 18.8 Å². The highest BCUT2D eigenvalue weighted by Crippen LogP contribution is 2.37. The van der Waals surface area contributed by atoms with Gasteiger partial charge in [-0.15, -0.1) is 0 Å². The van der Waals surface area contributed by atoms with E-state index >= 15 is 0 Å². The minimum Gasteiger partial charge on any atom is -0.393 e. The molecular formula is C13H24BO. The maximum Gasteiger partial charge on any atom is 0.117 e. The predicted octanol–water partition coefficient (Wildman–Crippen LogP) is 3.41. The second kappa shape index (κ2) is 5.38. The highest BCUT2D eigenvalue weighted by Gasteiger charge is 2.25. The van der Waals surface area contributed by atoms with E-state index in [0.717, 1.165) is 30.4 Å². The molecule has 0 unspecified atom stereocenters. The number of hydrogen-bond donors (Lipinski definition) is 1. The van der Waals surface area contributed by atoms with Crippen LogP contribution >= 0.6 is 0 Å². The highest BCUT2D eigenvalue weighted by molar-refractivity contribution is 6.39. The van der Waals surface area contributed by atoms with Crippen molar-refractivity contribution in [2.75, 3.05) is 0 Å². The fraction of sp³-hybridized carbons (Fsp3) is 1.00. The number of aliphatic hydroxyl groups excluding tert-OH is 1. The molecule has 0 heterocycles. The molecule has 1 nitrogen and oxygen atoms in total. The van der Waals surface area contributed by atoms with Gasteiger partial charge in [-0.3, -0.25) is 0 Å². The Morgan fingerprint density at radius 2 is 1.27 bits per heavy atom. The van der Waals surface area contributed by atoms with Gasteiger partial charge in [0.25, 0.3) is 0 Å². The molecule has 2 saturated carbocycles. The van der Waals surface area contributed by atoms with Crippen LogP contribution < -0.4 is 0 Å². The molecule has 0 bridgehead atoms. The first kappa shape index (κ1) is 11.5. The first-order valence-electron chi connectivity index (χ1n) is 6.77. The van der Waals surface area contributed by atoms with Crippen molar-refractivity contribution < 1.29 is 5.11 Å². The quantitative estimate of drug-likeness (QED) is 0.688. The van der Waals surface area contributed by atoms with Gasteiger partial charge in [0.05, 0.1) is 6.10 Å². The van der Waals surface area contributed by atoms with E-state index in [4.69, 9.17) is 0 Å². The van der Waals surface area contributed by atoms with Crippen LogP contribution in [0.3, 0.4) is 0 Å². The molecule has 0 aliphatic heterocycles. The van der Waals surface area contributed by atoms with Crippen molar-refractivity contribution in [1.82, 2.24) is 0 Å². The Bertz CT molecular complexity index is 159. The summed E-state index contributed by atoms with van der Waals surface area (Å²) in [7, 11) is 2.62. The molecule has 2 aliphatic rings. The summed E-state index contributed by atoms with van der Waals surface area (Å²) in [5.74, 6) is 2.66. The lowest BCUT2D eigenvalue weighted by Crippen LogP contribution is -2.22. The lowest BCUT2D eigenvalue weighted by molar-refractivity contribution is 0.130. The van der Waals surface area contributed by atoms with Crippen molar-refractivity contribution in [3.05, 3.63) is 0 Å². The normalized spacial score (nSPS) is 42.5. The third-order valence-corrected chi connectivity index (χ3v) is 4.35. The van der Waals surface area contributed by atoms with E-state index in [2.05, 4.69) is 14.2 Å². The van der Waals surface area contributed by atoms with E-state index in [9.17, 15) is 5.11 Å². The fourth-order valence-electron chi connectivity index (χ4n) is 3.16. The molecule has 0 aromatic carbocycles. The van der Waals surface area contributed by atoms with Gasteiger partial charge in [-0.1, -0.05) is 57.1 Å². The molecule has 0 spiro atoms. The molecule has 0 aromatic rings. The first-order chi connectivity index (χ1) is 7.24. The Morgan fingerprint density at radius 3 is 1.80 bits per heavy atom. The lowest BCUT2D eigenvalue weighted by atomic mass is 9.48. The summed E-state index contributed by atoms with van der Waals surface area (Å²) in [6.07, 6.45) is 10.2. The average molecular weight is 207 g/mol. The smallest absolute Gasteiger partial charge is 0.117 e. The van der Waals surface area contributed by atoms with Crippen LogP contribution in [-0.2, 0) is 0 Å². The van der Waals surface area contributed by atoms with Gasteiger partial charge in [0.1, 0.15) is 7.28 Å². The summed E-state index contributed by atoms with van der Waals surface area (Å²) < 4.78 is 0. The van der Waals surface area contributed by atoms with Gasteiger partial charge < -0.3 is 5.11 Å². The summed E-state index contributed by atoms with van der Waals surface area (Å²) >= 11 is 0. The predicted molar refractivity (Wildman–Crippen MR) is 65.4 cm³/mol. The minimum atomic E-state index is 0.000952. The Balaban J connectivity index is 1.68. The molecule has 0 saturated heterocycles. The third kappa shape index (κ3) is 3.51. The van der Waals surface area contributed by atoms with Gasteiger partial charge in [0.2, 0.25) is 0 Å². The largest absolute Gasteiger partial charge is 0.393 e. The second-order valence-corrected chi connectivity index (χ2v) is 5.78. The van der Waals surface area contributed by atoms with E-state index in [1.54, 1.807) is 0 Å². The molecule has 0 atom stereocenters. The van der Waals surface area contributed by atoms with Gasteiger partial charge >= 0.3 is 0 Å². The molecule has 0 aromatic heterocycles. The van der Waals surface area contributed by atoms with Crippen LogP contribution in [0, 0.1) is 5.92 Å². The third-order valence-electron chi connectivity index (χ3n) is 4.35. The van der Waals surface area contributed by atoms with Crippen molar-refractivity contribution in [3.8, 4) is 0 Å². The van der Waals surface area contributed by atoms with Crippen molar-refractivity contribution in [3.63, 3.8) is 0 Å². The maximum atomic E-state index is 9.45. The Hall–Kier alpha value is 0.0249. The van der Waals surface area contributed by atoms with E-state index in [1.165, 1.54) is 38.5 Å². The lowest BCUT2D eigenvalue weighted by Gasteiger charge is -2.31. The van der Waals surface area contributed by atoms with Crippen molar-refractivity contribution >= 4 is 7.28 Å². The summed E-state index contributed by atoms with van der Waals surface area (Å²) in [5.41, 5.74) is 0. The molecule has 2 aliphatic carbocycles. The zero-order valence-corrected chi connectivity index (χ0v) is 9.99. The Morgan fingerprint density at radius 1 is 0.800 bits per heavy atom. The fourth-order valence-corrected chi connectivity index (χ4v) is 3.16. The number of hydrogen-bond acceptors (Lipinski definition) is 1. The van der Waals surface area contributed by atoms with E-state index < -0.39 is 0 Å². The van der Waals surface area contributed by atoms with Crippen LogP contribution in [0.15, 0.2) is 0 Å². The first-order valence-corrected chi connectivity index (χ1v) is 6.77. The number of aliphatic hydroxyl groups is 1. The maximum absolute atomic E-state index is 9.45. The van der Waals surface area contributed by atoms with Gasteiger partial charge in [0, 0.05) is 0 Å². The van der Waals surface area contributed by atoms with Gasteiger partial charge in [0.15, 0.2) is 0 Å². The zero-order valence-electron chi connectivity index (χ0n) is 9.99. The van der Waals surface area contributed by atoms with Crippen LogP contribution in [0.2, 0.25) is 11.6 Å². The molecule has 2 rings (SSSR count). The van der Waals surface area contributed by atoms with Crippen LogP contribution in [0.25, 0.3) is 0 Å². The van der Waals surface area contributed by atoms with E-state index in [0.29, 0.717) is 0 Å². The van der Waals surface area contributed by atoms with Crippen molar-refractivity contribution in [1.29, 1.82) is 0 Å². The van der Waals surface area contributed by atoms with Crippen molar-refractivity contribution in [2.24, 2.45) is 5.92 Å². The molecule has 85 valence electrons. The SMILES string of the molecule is CC1CCC([B]C2CCC(O)CC2)CC1. The Kier molecular flexibility index (Phi) is 4.13. The standard InChI is InChI=1S/C13H24BO/c1-10-2-4-11(5-3-10)14-12-6-8-13(15)9-7-12/h10-13,15H,2-9H2,1H3. The molecular weight excluding hydrogens is 183 g/mol. The molecule has 0 amide bonds.